The Bertz CT molecular complexity index is 418. The van der Waals surface area contributed by atoms with Gasteiger partial charge in [-0.25, -0.2) is 4.99 Å². The highest BCUT2D eigenvalue weighted by molar-refractivity contribution is 7.98. The van der Waals surface area contributed by atoms with Crippen LogP contribution in [-0.2, 0) is 11.3 Å². The number of amides is 1. The van der Waals surface area contributed by atoms with E-state index in [1.54, 1.807) is 42.1 Å². The lowest BCUT2D eigenvalue weighted by Gasteiger charge is -2.13. The van der Waals surface area contributed by atoms with E-state index in [1.807, 2.05) is 11.4 Å². The van der Waals surface area contributed by atoms with Crippen molar-refractivity contribution in [2.45, 2.75) is 6.54 Å². The monoisotopic (exact) mass is 314 g/mol. The summed E-state index contributed by atoms with van der Waals surface area (Å²) in [5.41, 5.74) is 0. The van der Waals surface area contributed by atoms with Crippen LogP contribution in [-0.4, -0.2) is 56.0 Å². The van der Waals surface area contributed by atoms with E-state index in [0.29, 0.717) is 5.96 Å². The van der Waals surface area contributed by atoms with E-state index in [0.717, 1.165) is 18.8 Å². The summed E-state index contributed by atoms with van der Waals surface area (Å²) in [6.07, 6.45) is 2.06. The summed E-state index contributed by atoms with van der Waals surface area (Å²) in [5.74, 6) is 1.68. The van der Waals surface area contributed by atoms with E-state index >= 15 is 0 Å². The zero-order valence-corrected chi connectivity index (χ0v) is 13.8. The van der Waals surface area contributed by atoms with Crippen LogP contribution in [0.1, 0.15) is 4.88 Å². The van der Waals surface area contributed by atoms with E-state index in [1.165, 1.54) is 4.88 Å². The highest BCUT2D eigenvalue weighted by Gasteiger charge is 2.04. The van der Waals surface area contributed by atoms with E-state index in [2.05, 4.69) is 27.9 Å². The molecule has 0 saturated carbocycles. The van der Waals surface area contributed by atoms with Crippen molar-refractivity contribution in [3.8, 4) is 0 Å². The fourth-order valence-corrected chi connectivity index (χ4v) is 2.27. The molecule has 1 aromatic heterocycles. The predicted octanol–water partition coefficient (Wildman–Crippen LogP) is 1.23. The van der Waals surface area contributed by atoms with Gasteiger partial charge in [0, 0.05) is 31.3 Å². The molecule has 0 aliphatic carbocycles. The molecule has 5 nitrogen and oxygen atoms in total. The molecule has 0 bridgehead atoms. The van der Waals surface area contributed by atoms with Gasteiger partial charge in [0.2, 0.25) is 5.91 Å². The molecule has 7 heteroatoms. The molecule has 1 aromatic rings. The molecular weight excluding hydrogens is 292 g/mol. The van der Waals surface area contributed by atoms with Gasteiger partial charge >= 0.3 is 0 Å². The summed E-state index contributed by atoms with van der Waals surface area (Å²) in [6.45, 7) is 1.71. The number of hydrogen-bond acceptors (Lipinski definition) is 4. The molecule has 1 amide bonds. The molecule has 1 heterocycles. The normalized spacial score (nSPS) is 11.2. The number of thiophene rings is 1. The quantitative estimate of drug-likeness (QED) is 0.452. The Kier molecular flexibility index (Phi) is 8.13. The van der Waals surface area contributed by atoms with Crippen molar-refractivity contribution in [2.24, 2.45) is 4.99 Å². The maximum absolute atomic E-state index is 11.6. The number of thioether (sulfide) groups is 1. The third-order valence-corrected chi connectivity index (χ3v) is 3.97. The van der Waals surface area contributed by atoms with Crippen LogP contribution >= 0.6 is 23.1 Å². The molecule has 0 fully saturated rings. The second-order valence-corrected chi connectivity index (χ2v) is 6.32. The summed E-state index contributed by atoms with van der Waals surface area (Å²) in [6, 6.07) is 4.09. The number of guanidine groups is 1. The van der Waals surface area contributed by atoms with Gasteiger partial charge in [-0.15, -0.1) is 11.3 Å². The van der Waals surface area contributed by atoms with Gasteiger partial charge in [0.1, 0.15) is 6.54 Å². The smallest absolute Gasteiger partial charge is 0.243 e. The van der Waals surface area contributed by atoms with Gasteiger partial charge in [-0.3, -0.25) is 4.79 Å². The first-order valence-electron chi connectivity index (χ1n) is 6.37. The van der Waals surface area contributed by atoms with Gasteiger partial charge in [-0.2, -0.15) is 11.8 Å². The number of nitrogens with one attached hydrogen (secondary N) is 2. The Balaban J connectivity index is 2.49. The van der Waals surface area contributed by atoms with Crippen LogP contribution in [0.25, 0.3) is 0 Å². The van der Waals surface area contributed by atoms with Crippen molar-refractivity contribution in [3.63, 3.8) is 0 Å². The SMILES string of the molecule is CSCCNC(=NCC(=O)N(C)C)NCc1cccs1. The first-order valence-corrected chi connectivity index (χ1v) is 8.64. The number of aliphatic imine (C=N–C) groups is 1. The Morgan fingerprint density at radius 2 is 2.25 bits per heavy atom. The molecule has 0 spiro atoms. The molecule has 1 rings (SSSR count). The first-order chi connectivity index (χ1) is 9.63. The Hall–Kier alpha value is -1.21. The highest BCUT2D eigenvalue weighted by Crippen LogP contribution is 2.07. The summed E-state index contributed by atoms with van der Waals surface area (Å²) in [7, 11) is 3.47. The number of carbonyl (C=O) groups excluding carboxylic acids is 1. The van der Waals surface area contributed by atoms with Gasteiger partial charge < -0.3 is 15.5 Å². The van der Waals surface area contributed by atoms with Gasteiger partial charge in [-0.05, 0) is 17.7 Å². The zero-order valence-electron chi connectivity index (χ0n) is 12.2. The van der Waals surface area contributed by atoms with E-state index in [4.69, 9.17) is 0 Å². The molecule has 20 heavy (non-hydrogen) atoms. The Labute approximate surface area is 128 Å². The second-order valence-electron chi connectivity index (χ2n) is 4.31. The largest absolute Gasteiger partial charge is 0.356 e. The van der Waals surface area contributed by atoms with Crippen LogP contribution in [0.3, 0.4) is 0 Å². The number of nitrogens with zero attached hydrogens (tertiary/aromatic N) is 2. The van der Waals surface area contributed by atoms with Crippen molar-refractivity contribution in [2.75, 3.05) is 39.2 Å². The average molecular weight is 314 g/mol. The van der Waals surface area contributed by atoms with Crippen molar-refractivity contribution >= 4 is 35.0 Å². The molecule has 0 unspecified atom stereocenters. The number of likely N-dealkylation sites (N-methyl/N-ethyl adjacent to an activating group) is 1. The van der Waals surface area contributed by atoms with Crippen molar-refractivity contribution < 1.29 is 4.79 Å². The van der Waals surface area contributed by atoms with Crippen LogP contribution in [0.15, 0.2) is 22.5 Å². The van der Waals surface area contributed by atoms with Crippen LogP contribution in [0.4, 0.5) is 0 Å². The molecule has 0 aromatic carbocycles. The minimum absolute atomic E-state index is 0.00732. The van der Waals surface area contributed by atoms with Crippen molar-refractivity contribution in [1.82, 2.24) is 15.5 Å². The van der Waals surface area contributed by atoms with Gasteiger partial charge in [-0.1, -0.05) is 6.07 Å². The topological polar surface area (TPSA) is 56.7 Å². The minimum Gasteiger partial charge on any atom is -0.356 e. The van der Waals surface area contributed by atoms with E-state index in [-0.39, 0.29) is 12.5 Å². The van der Waals surface area contributed by atoms with Crippen LogP contribution in [0.2, 0.25) is 0 Å². The summed E-state index contributed by atoms with van der Waals surface area (Å²) < 4.78 is 0. The van der Waals surface area contributed by atoms with Crippen LogP contribution in [0, 0.1) is 0 Å². The first kappa shape index (κ1) is 16.8. The van der Waals surface area contributed by atoms with Gasteiger partial charge in [0.15, 0.2) is 5.96 Å². The lowest BCUT2D eigenvalue weighted by atomic mass is 10.4. The molecule has 0 aliphatic heterocycles. The fourth-order valence-electron chi connectivity index (χ4n) is 1.32. The summed E-state index contributed by atoms with van der Waals surface area (Å²) >= 11 is 3.47. The highest BCUT2D eigenvalue weighted by atomic mass is 32.2. The predicted molar refractivity (Wildman–Crippen MR) is 88.5 cm³/mol. The van der Waals surface area contributed by atoms with E-state index in [9.17, 15) is 4.79 Å². The molecule has 0 radical (unpaired) electrons. The van der Waals surface area contributed by atoms with Crippen molar-refractivity contribution in [3.05, 3.63) is 22.4 Å². The summed E-state index contributed by atoms with van der Waals surface area (Å²) in [5, 5.41) is 8.52. The van der Waals surface area contributed by atoms with Gasteiger partial charge in [0.25, 0.3) is 0 Å². The van der Waals surface area contributed by atoms with Crippen LogP contribution in [0.5, 0.6) is 0 Å². The number of rotatable bonds is 7. The van der Waals surface area contributed by atoms with E-state index < -0.39 is 0 Å². The third kappa shape index (κ3) is 6.81. The average Bonchev–Trinajstić information content (AvgIpc) is 2.94. The minimum atomic E-state index is -0.00732. The Morgan fingerprint density at radius 3 is 2.85 bits per heavy atom. The standard InChI is InChI=1S/C13H22N4OS2/c1-17(2)12(18)10-16-13(14-6-8-19-3)15-9-11-5-4-7-20-11/h4-5,7H,6,8-10H2,1-3H3,(H2,14,15,16). The zero-order chi connectivity index (χ0) is 14.8. The maximum Gasteiger partial charge on any atom is 0.243 e. The lowest BCUT2D eigenvalue weighted by molar-refractivity contribution is -0.127. The Morgan fingerprint density at radius 1 is 1.45 bits per heavy atom. The maximum atomic E-state index is 11.6. The molecule has 0 saturated heterocycles. The van der Waals surface area contributed by atoms with Gasteiger partial charge in [0.05, 0.1) is 6.54 Å². The lowest BCUT2D eigenvalue weighted by Crippen LogP contribution is -2.39. The fraction of sp³-hybridized carbons (Fsp3) is 0.538. The van der Waals surface area contributed by atoms with Crippen LogP contribution < -0.4 is 10.6 Å². The molecule has 0 atom stereocenters. The number of carbonyl (C=O) groups is 1. The van der Waals surface area contributed by atoms with Crippen molar-refractivity contribution in [1.29, 1.82) is 0 Å². The molecule has 0 aliphatic rings. The molecule has 112 valence electrons. The molecular formula is C13H22N4OS2. The second kappa shape index (κ2) is 9.66. The number of hydrogen-bond donors (Lipinski definition) is 2. The molecule has 2 N–H and O–H groups in total. The summed E-state index contributed by atoms with van der Waals surface area (Å²) in [4.78, 5) is 18.7. The third-order valence-electron chi connectivity index (χ3n) is 2.48.